The first kappa shape index (κ1) is 11.7. The molecule has 2 unspecified atom stereocenters. The van der Waals surface area contributed by atoms with Crippen LogP contribution in [0.1, 0.15) is 20.3 Å². The van der Waals surface area contributed by atoms with Gasteiger partial charge in [-0.2, -0.15) is 0 Å². The molecular weight excluding hydrogens is 192 g/mol. The monoisotopic (exact) mass is 210 g/mol. The Bertz CT molecular complexity index is 296. The van der Waals surface area contributed by atoms with Crippen molar-refractivity contribution in [1.29, 1.82) is 0 Å². The number of aromatic nitrogens is 2. The molecule has 0 saturated carbocycles. The third-order valence-corrected chi connectivity index (χ3v) is 2.28. The van der Waals surface area contributed by atoms with Crippen molar-refractivity contribution >= 4 is 5.91 Å². The van der Waals surface area contributed by atoms with Gasteiger partial charge < -0.3 is 15.6 Å². The minimum absolute atomic E-state index is 0.191. The highest BCUT2D eigenvalue weighted by Crippen LogP contribution is 1.96. The first-order valence-corrected chi connectivity index (χ1v) is 5.14. The molecule has 0 saturated heterocycles. The third kappa shape index (κ3) is 3.71. The van der Waals surface area contributed by atoms with Gasteiger partial charge in [0.25, 0.3) is 0 Å². The van der Waals surface area contributed by atoms with Crippen LogP contribution in [0, 0.1) is 0 Å². The second kappa shape index (κ2) is 5.50. The Labute approximate surface area is 89.7 Å². The van der Waals surface area contributed by atoms with Gasteiger partial charge in [0.2, 0.25) is 5.91 Å². The van der Waals surface area contributed by atoms with Gasteiger partial charge in [-0.05, 0) is 13.3 Å². The van der Waals surface area contributed by atoms with Gasteiger partial charge in [-0.1, -0.05) is 6.92 Å². The van der Waals surface area contributed by atoms with E-state index in [1.54, 1.807) is 12.5 Å². The number of nitrogens with two attached hydrogens (primary N) is 1. The second-order valence-corrected chi connectivity index (χ2v) is 3.69. The zero-order valence-electron chi connectivity index (χ0n) is 9.18. The number of amides is 1. The lowest BCUT2D eigenvalue weighted by atomic mass is 10.2. The van der Waals surface area contributed by atoms with Crippen molar-refractivity contribution < 1.29 is 4.79 Å². The summed E-state index contributed by atoms with van der Waals surface area (Å²) in [5.74, 6) is -0.296. The van der Waals surface area contributed by atoms with Gasteiger partial charge in [0.05, 0.1) is 12.4 Å². The molecule has 15 heavy (non-hydrogen) atoms. The Hall–Kier alpha value is -1.36. The van der Waals surface area contributed by atoms with E-state index in [2.05, 4.69) is 10.3 Å². The number of carbonyl (C=O) groups is 1. The summed E-state index contributed by atoms with van der Waals surface area (Å²) < 4.78 is 1.96. The maximum atomic E-state index is 11.0. The molecule has 0 aliphatic carbocycles. The summed E-state index contributed by atoms with van der Waals surface area (Å²) in [6.45, 7) is 4.74. The van der Waals surface area contributed by atoms with Crippen LogP contribution >= 0.6 is 0 Å². The van der Waals surface area contributed by atoms with Crippen LogP contribution in [-0.2, 0) is 11.3 Å². The Morgan fingerprint density at radius 2 is 2.40 bits per heavy atom. The summed E-state index contributed by atoms with van der Waals surface area (Å²) in [6.07, 6.45) is 6.09. The molecule has 5 nitrogen and oxygen atoms in total. The summed E-state index contributed by atoms with van der Waals surface area (Å²) in [6, 6.07) is -0.0554. The number of primary amides is 1. The molecule has 0 aliphatic heterocycles. The zero-order valence-corrected chi connectivity index (χ0v) is 9.18. The predicted molar refractivity (Wildman–Crippen MR) is 58.1 cm³/mol. The molecule has 0 aromatic carbocycles. The summed E-state index contributed by atoms with van der Waals surface area (Å²) in [5.41, 5.74) is 5.25. The quantitative estimate of drug-likeness (QED) is 0.700. The molecule has 1 heterocycles. The number of rotatable bonds is 6. The first-order valence-electron chi connectivity index (χ1n) is 5.14. The lowest BCUT2D eigenvalue weighted by molar-refractivity contribution is -0.120. The maximum Gasteiger partial charge on any atom is 0.234 e. The number of hydrogen-bond donors (Lipinski definition) is 2. The van der Waals surface area contributed by atoms with Crippen molar-refractivity contribution in [3.05, 3.63) is 18.7 Å². The van der Waals surface area contributed by atoms with Crippen LogP contribution in [0.2, 0.25) is 0 Å². The largest absolute Gasteiger partial charge is 0.368 e. The molecule has 0 radical (unpaired) electrons. The van der Waals surface area contributed by atoms with Crippen molar-refractivity contribution in [3.8, 4) is 0 Å². The summed E-state index contributed by atoms with van der Waals surface area (Å²) in [7, 11) is 0. The lowest BCUT2D eigenvalue weighted by Gasteiger charge is -2.19. The topological polar surface area (TPSA) is 72.9 Å². The number of carbonyl (C=O) groups excluding carboxylic acids is 1. The molecule has 1 amide bonds. The van der Waals surface area contributed by atoms with Gasteiger partial charge in [0, 0.05) is 25.0 Å². The van der Waals surface area contributed by atoms with E-state index in [1.807, 2.05) is 24.6 Å². The summed E-state index contributed by atoms with van der Waals surface area (Å²) in [5, 5.41) is 3.18. The Balaban J connectivity index is 2.41. The van der Waals surface area contributed by atoms with E-state index in [1.165, 1.54) is 0 Å². The SMILES string of the molecule is CCC(NC(C)Cn1ccnc1)C(N)=O. The van der Waals surface area contributed by atoms with Crippen molar-refractivity contribution in [1.82, 2.24) is 14.9 Å². The summed E-state index contributed by atoms with van der Waals surface area (Å²) >= 11 is 0. The second-order valence-electron chi connectivity index (χ2n) is 3.69. The molecule has 2 atom stereocenters. The Morgan fingerprint density at radius 3 is 2.87 bits per heavy atom. The standard InChI is InChI=1S/C10H18N4O/c1-3-9(10(11)15)13-8(2)6-14-5-4-12-7-14/h4-5,7-9,13H,3,6H2,1-2H3,(H2,11,15). The fourth-order valence-electron chi connectivity index (χ4n) is 1.51. The van der Waals surface area contributed by atoms with Gasteiger partial charge >= 0.3 is 0 Å². The van der Waals surface area contributed by atoms with E-state index in [4.69, 9.17) is 5.73 Å². The minimum Gasteiger partial charge on any atom is -0.368 e. The van der Waals surface area contributed by atoms with E-state index < -0.39 is 0 Å². The zero-order chi connectivity index (χ0) is 11.3. The van der Waals surface area contributed by atoms with Crippen molar-refractivity contribution in [2.45, 2.75) is 38.9 Å². The smallest absolute Gasteiger partial charge is 0.234 e. The van der Waals surface area contributed by atoms with Crippen LogP contribution in [0.15, 0.2) is 18.7 Å². The van der Waals surface area contributed by atoms with E-state index in [9.17, 15) is 4.79 Å². The van der Waals surface area contributed by atoms with Crippen molar-refractivity contribution in [2.75, 3.05) is 0 Å². The van der Waals surface area contributed by atoms with Crippen LogP contribution in [0.5, 0.6) is 0 Å². The lowest BCUT2D eigenvalue weighted by Crippen LogP contribution is -2.46. The first-order chi connectivity index (χ1) is 7.13. The number of imidazole rings is 1. The molecule has 5 heteroatoms. The molecule has 84 valence electrons. The van der Waals surface area contributed by atoms with Gasteiger partial charge in [-0.25, -0.2) is 4.98 Å². The number of hydrogen-bond acceptors (Lipinski definition) is 3. The van der Waals surface area contributed by atoms with Gasteiger partial charge in [-0.3, -0.25) is 4.79 Å². The molecule has 0 bridgehead atoms. The Kier molecular flexibility index (Phi) is 4.30. The molecule has 0 aliphatic rings. The van der Waals surface area contributed by atoms with Crippen molar-refractivity contribution in [3.63, 3.8) is 0 Å². The van der Waals surface area contributed by atoms with Crippen LogP contribution in [0.3, 0.4) is 0 Å². The van der Waals surface area contributed by atoms with E-state index in [0.29, 0.717) is 6.42 Å². The highest BCUT2D eigenvalue weighted by molar-refractivity contribution is 5.79. The van der Waals surface area contributed by atoms with E-state index in [0.717, 1.165) is 6.54 Å². The van der Waals surface area contributed by atoms with Crippen LogP contribution in [0.4, 0.5) is 0 Å². The minimum atomic E-state index is -0.296. The molecule has 1 aromatic rings. The molecule has 3 N–H and O–H groups in total. The molecule has 0 spiro atoms. The highest BCUT2D eigenvalue weighted by atomic mass is 16.1. The normalized spacial score (nSPS) is 14.8. The van der Waals surface area contributed by atoms with E-state index in [-0.39, 0.29) is 18.0 Å². The summed E-state index contributed by atoms with van der Waals surface area (Å²) in [4.78, 5) is 15.0. The average molecular weight is 210 g/mol. The van der Waals surface area contributed by atoms with Gasteiger partial charge in [0.1, 0.15) is 0 Å². The van der Waals surface area contributed by atoms with Crippen molar-refractivity contribution in [2.24, 2.45) is 5.73 Å². The molecule has 0 fully saturated rings. The van der Waals surface area contributed by atoms with Gasteiger partial charge in [0.15, 0.2) is 0 Å². The number of nitrogens with one attached hydrogen (secondary N) is 1. The average Bonchev–Trinajstić information content (AvgIpc) is 2.66. The van der Waals surface area contributed by atoms with Crippen LogP contribution in [-0.4, -0.2) is 27.5 Å². The predicted octanol–water partition coefficient (Wildman–Crippen LogP) is 0.125. The highest BCUT2D eigenvalue weighted by Gasteiger charge is 2.15. The fourth-order valence-corrected chi connectivity index (χ4v) is 1.51. The molecular formula is C10H18N4O. The third-order valence-electron chi connectivity index (χ3n) is 2.28. The molecule has 1 aromatic heterocycles. The van der Waals surface area contributed by atoms with E-state index >= 15 is 0 Å². The van der Waals surface area contributed by atoms with Crippen LogP contribution in [0.25, 0.3) is 0 Å². The fraction of sp³-hybridized carbons (Fsp3) is 0.600. The Morgan fingerprint density at radius 1 is 1.67 bits per heavy atom. The molecule has 1 rings (SSSR count). The number of nitrogens with zero attached hydrogens (tertiary/aromatic N) is 2. The maximum absolute atomic E-state index is 11.0. The van der Waals surface area contributed by atoms with Gasteiger partial charge in [-0.15, -0.1) is 0 Å². The van der Waals surface area contributed by atoms with Crippen LogP contribution < -0.4 is 11.1 Å².